The third kappa shape index (κ3) is 8.12. The molecule has 0 saturated carbocycles. The van der Waals surface area contributed by atoms with Gasteiger partial charge in [0.2, 0.25) is 11.6 Å². The number of hydrogen-bond acceptors (Lipinski definition) is 5. The van der Waals surface area contributed by atoms with Gasteiger partial charge in [-0.2, -0.15) is 0 Å². The number of para-hydroxylation sites is 1. The van der Waals surface area contributed by atoms with Crippen molar-refractivity contribution in [3.05, 3.63) is 78.0 Å². The Bertz CT molecular complexity index is 976. The third-order valence-corrected chi connectivity index (χ3v) is 4.85. The van der Waals surface area contributed by atoms with E-state index in [4.69, 9.17) is 14.2 Å². The molecule has 2 aromatic carbocycles. The normalized spacial score (nSPS) is 10.7. The number of rotatable bonds is 10. The summed E-state index contributed by atoms with van der Waals surface area (Å²) in [5.41, 5.74) is 2.35. The summed E-state index contributed by atoms with van der Waals surface area (Å²) in [4.78, 5) is 8.68. The molecule has 7 nitrogen and oxygen atoms in total. The topological polar surface area (TPSA) is 77.0 Å². The predicted octanol–water partition coefficient (Wildman–Crippen LogP) is 4.81. The first kappa shape index (κ1) is 26.2. The van der Waals surface area contributed by atoms with E-state index < -0.39 is 0 Å². The number of aryl methyl sites for hydroxylation is 1. The summed E-state index contributed by atoms with van der Waals surface area (Å²) in [5.74, 6) is 2.88. The number of aromatic nitrogens is 1. The average molecular weight is 562 g/mol. The van der Waals surface area contributed by atoms with Gasteiger partial charge in [0.25, 0.3) is 0 Å². The van der Waals surface area contributed by atoms with Gasteiger partial charge in [-0.15, -0.1) is 24.0 Å². The second-order valence-corrected chi connectivity index (χ2v) is 7.04. The van der Waals surface area contributed by atoms with Gasteiger partial charge in [0, 0.05) is 32.4 Å². The molecule has 0 bridgehead atoms. The number of halogens is 1. The molecule has 0 spiro atoms. The molecule has 0 saturated heterocycles. The van der Waals surface area contributed by atoms with Crippen LogP contribution in [0.4, 0.5) is 0 Å². The summed E-state index contributed by atoms with van der Waals surface area (Å²) in [6, 6.07) is 19.7. The fraction of sp³-hybridized carbons (Fsp3) is 0.280. The maximum Gasteiger partial charge on any atom is 0.219 e. The number of nitrogens with one attached hydrogen (secondary N) is 2. The molecule has 0 fully saturated rings. The van der Waals surface area contributed by atoms with E-state index in [-0.39, 0.29) is 24.0 Å². The molecule has 8 heteroatoms. The van der Waals surface area contributed by atoms with Crippen LogP contribution in [-0.4, -0.2) is 38.8 Å². The van der Waals surface area contributed by atoms with Gasteiger partial charge in [-0.25, -0.2) is 4.98 Å². The van der Waals surface area contributed by atoms with Crippen LogP contribution in [0.15, 0.2) is 71.9 Å². The zero-order valence-electron chi connectivity index (χ0n) is 19.2. The number of nitrogens with zero attached hydrogens (tertiary/aromatic N) is 2. The van der Waals surface area contributed by atoms with E-state index in [9.17, 15) is 0 Å². The number of aliphatic imine (C=N–C) groups is 1. The Hall–Kier alpha value is -3.01. The molecule has 0 aliphatic carbocycles. The highest BCUT2D eigenvalue weighted by Crippen LogP contribution is 2.39. The van der Waals surface area contributed by atoms with Gasteiger partial charge in [-0.3, -0.25) is 4.99 Å². The van der Waals surface area contributed by atoms with Crippen LogP contribution in [0.25, 0.3) is 0 Å². The summed E-state index contributed by atoms with van der Waals surface area (Å²) < 4.78 is 16.6. The Labute approximate surface area is 212 Å². The van der Waals surface area contributed by atoms with Crippen molar-refractivity contribution >= 4 is 29.9 Å². The van der Waals surface area contributed by atoms with Crippen molar-refractivity contribution in [2.24, 2.45) is 4.99 Å². The number of hydrogen-bond donors (Lipinski definition) is 2. The lowest BCUT2D eigenvalue weighted by Crippen LogP contribution is -2.37. The summed E-state index contributed by atoms with van der Waals surface area (Å²) in [5, 5.41) is 6.65. The second-order valence-electron chi connectivity index (χ2n) is 7.04. The first-order chi connectivity index (χ1) is 15.7. The number of benzene rings is 2. The van der Waals surface area contributed by atoms with Crippen LogP contribution >= 0.6 is 24.0 Å². The largest absolute Gasteiger partial charge is 0.493 e. The van der Waals surface area contributed by atoms with Crippen molar-refractivity contribution in [3.8, 4) is 23.1 Å². The van der Waals surface area contributed by atoms with Crippen molar-refractivity contribution in [2.75, 3.05) is 27.8 Å². The highest BCUT2D eigenvalue weighted by Gasteiger charge is 2.13. The summed E-state index contributed by atoms with van der Waals surface area (Å²) in [6.45, 7) is 1.45. The van der Waals surface area contributed by atoms with Crippen LogP contribution in [-0.2, 0) is 13.0 Å². The molecule has 176 valence electrons. The lowest BCUT2D eigenvalue weighted by molar-refractivity contribution is 0.342. The maximum atomic E-state index is 5.91. The molecule has 3 aromatic rings. The van der Waals surface area contributed by atoms with Gasteiger partial charge < -0.3 is 24.8 Å². The molecule has 3 rings (SSSR count). The fourth-order valence-electron chi connectivity index (χ4n) is 3.15. The Morgan fingerprint density at radius 1 is 0.879 bits per heavy atom. The number of guanidine groups is 1. The standard InChI is InChI=1S/C25H30N4O3.HI/c1-26-25(27-16-8-11-19-9-5-4-6-10-19)29-18-20-14-15-23(28-17-20)32-24-21(30-2)12-7-13-22(24)31-3;/h4-7,9-10,12-15,17H,8,11,16,18H2,1-3H3,(H2,26,27,29);1H. The van der Waals surface area contributed by atoms with E-state index in [1.54, 1.807) is 27.5 Å². The predicted molar refractivity (Wildman–Crippen MR) is 142 cm³/mol. The minimum atomic E-state index is 0. The van der Waals surface area contributed by atoms with E-state index in [0.717, 1.165) is 30.9 Å². The smallest absolute Gasteiger partial charge is 0.219 e. The van der Waals surface area contributed by atoms with Crippen LogP contribution in [0.2, 0.25) is 0 Å². The van der Waals surface area contributed by atoms with Crippen LogP contribution in [0, 0.1) is 0 Å². The maximum absolute atomic E-state index is 5.91. The minimum Gasteiger partial charge on any atom is -0.493 e. The third-order valence-electron chi connectivity index (χ3n) is 4.85. The molecule has 0 radical (unpaired) electrons. The van der Waals surface area contributed by atoms with Crippen molar-refractivity contribution < 1.29 is 14.2 Å². The van der Waals surface area contributed by atoms with E-state index >= 15 is 0 Å². The molecule has 0 amide bonds. The van der Waals surface area contributed by atoms with Crippen molar-refractivity contribution in [3.63, 3.8) is 0 Å². The average Bonchev–Trinajstić information content (AvgIpc) is 2.85. The molecule has 1 heterocycles. The molecule has 0 aliphatic heterocycles. The van der Waals surface area contributed by atoms with E-state index in [0.29, 0.717) is 29.7 Å². The molecule has 33 heavy (non-hydrogen) atoms. The summed E-state index contributed by atoms with van der Waals surface area (Å²) in [6.07, 6.45) is 3.84. The Morgan fingerprint density at radius 2 is 1.61 bits per heavy atom. The Morgan fingerprint density at radius 3 is 2.21 bits per heavy atom. The zero-order valence-corrected chi connectivity index (χ0v) is 21.5. The van der Waals surface area contributed by atoms with Gasteiger partial charge in [-0.05, 0) is 36.1 Å². The van der Waals surface area contributed by atoms with Crippen LogP contribution in [0.3, 0.4) is 0 Å². The quantitative estimate of drug-likeness (QED) is 0.160. The number of pyridine rings is 1. The molecule has 2 N–H and O–H groups in total. The molecular weight excluding hydrogens is 531 g/mol. The van der Waals surface area contributed by atoms with Crippen molar-refractivity contribution in [2.45, 2.75) is 19.4 Å². The zero-order chi connectivity index (χ0) is 22.6. The molecule has 0 unspecified atom stereocenters. The van der Waals surface area contributed by atoms with E-state index in [1.807, 2.05) is 36.4 Å². The minimum absolute atomic E-state index is 0. The lowest BCUT2D eigenvalue weighted by atomic mass is 10.1. The molecular formula is C25H31IN4O3. The van der Waals surface area contributed by atoms with Crippen molar-refractivity contribution in [1.82, 2.24) is 15.6 Å². The van der Waals surface area contributed by atoms with Gasteiger partial charge in [0.1, 0.15) is 0 Å². The highest BCUT2D eigenvalue weighted by atomic mass is 127. The van der Waals surface area contributed by atoms with Crippen molar-refractivity contribution in [1.29, 1.82) is 0 Å². The van der Waals surface area contributed by atoms with Crippen LogP contribution < -0.4 is 24.8 Å². The molecule has 0 aliphatic rings. The number of ether oxygens (including phenoxy) is 3. The Balaban J connectivity index is 0.00000385. The van der Waals surface area contributed by atoms with Gasteiger partial charge >= 0.3 is 0 Å². The first-order valence-electron chi connectivity index (χ1n) is 10.6. The highest BCUT2D eigenvalue weighted by molar-refractivity contribution is 14.0. The van der Waals surface area contributed by atoms with Crippen LogP contribution in [0.5, 0.6) is 23.1 Å². The SMILES string of the molecule is CN=C(NCCCc1ccccc1)NCc1ccc(Oc2c(OC)cccc2OC)nc1.I. The monoisotopic (exact) mass is 562 g/mol. The van der Waals surface area contributed by atoms with Gasteiger partial charge in [0.05, 0.1) is 14.2 Å². The van der Waals surface area contributed by atoms with Gasteiger partial charge in [-0.1, -0.05) is 42.5 Å². The Kier molecular flexibility index (Phi) is 11.3. The molecule has 0 atom stereocenters. The first-order valence-corrected chi connectivity index (χ1v) is 10.6. The summed E-state index contributed by atoms with van der Waals surface area (Å²) >= 11 is 0. The van der Waals surface area contributed by atoms with E-state index in [1.165, 1.54) is 5.56 Å². The molecule has 1 aromatic heterocycles. The van der Waals surface area contributed by atoms with E-state index in [2.05, 4.69) is 44.9 Å². The second kappa shape index (κ2) is 14.2. The summed E-state index contributed by atoms with van der Waals surface area (Å²) in [7, 11) is 4.95. The fourth-order valence-corrected chi connectivity index (χ4v) is 3.15. The number of methoxy groups -OCH3 is 2. The lowest BCUT2D eigenvalue weighted by Gasteiger charge is -2.14. The van der Waals surface area contributed by atoms with Gasteiger partial charge in [0.15, 0.2) is 17.5 Å². The van der Waals surface area contributed by atoms with Crippen LogP contribution in [0.1, 0.15) is 17.5 Å².